The number of carbonyl (C=O) groups excluding carboxylic acids is 1. The highest BCUT2D eigenvalue weighted by molar-refractivity contribution is 5.96. The Bertz CT molecular complexity index is 643. The molecule has 2 aromatic rings. The number of aromatic nitrogens is 4. The van der Waals surface area contributed by atoms with E-state index < -0.39 is 0 Å². The van der Waals surface area contributed by atoms with Crippen LogP contribution in [0.5, 0.6) is 0 Å². The predicted molar refractivity (Wildman–Crippen MR) is 68.4 cm³/mol. The minimum absolute atomic E-state index is 0.0100. The summed E-state index contributed by atoms with van der Waals surface area (Å²) < 4.78 is 1.54. The second-order valence-electron chi connectivity index (χ2n) is 4.35. The van der Waals surface area contributed by atoms with Gasteiger partial charge >= 0.3 is 0 Å². The molecule has 94 valence electrons. The Balaban J connectivity index is 1.92. The number of rotatable bonds is 2. The number of hydrogen-bond acceptors (Lipinski definition) is 4. The molecular formula is C13H11N5O. The van der Waals surface area contributed by atoms with Crippen molar-refractivity contribution in [2.75, 3.05) is 11.4 Å². The SMILES string of the molecule is C#CC1CC(=O)N(c2cccc(-n3cnnn3)c2)C1. The van der Waals surface area contributed by atoms with E-state index in [0.717, 1.165) is 11.4 Å². The zero-order valence-electron chi connectivity index (χ0n) is 10.1. The fourth-order valence-electron chi connectivity index (χ4n) is 2.15. The van der Waals surface area contributed by atoms with Crippen molar-refractivity contribution in [3.63, 3.8) is 0 Å². The monoisotopic (exact) mass is 253 g/mol. The van der Waals surface area contributed by atoms with Gasteiger partial charge in [0.2, 0.25) is 5.91 Å². The molecule has 0 spiro atoms. The first-order chi connectivity index (χ1) is 9.28. The highest BCUT2D eigenvalue weighted by Crippen LogP contribution is 2.26. The summed E-state index contributed by atoms with van der Waals surface area (Å²) in [5.74, 6) is 2.68. The molecule has 3 rings (SSSR count). The number of nitrogens with zero attached hydrogens (tertiary/aromatic N) is 5. The third kappa shape index (κ3) is 2.06. The summed E-state index contributed by atoms with van der Waals surface area (Å²) in [5, 5.41) is 11.0. The molecule has 0 N–H and O–H groups in total. The number of hydrogen-bond donors (Lipinski definition) is 0. The normalized spacial score (nSPS) is 18.6. The molecule has 1 unspecified atom stereocenters. The first-order valence-electron chi connectivity index (χ1n) is 5.88. The molecule has 0 bridgehead atoms. The molecule has 1 saturated heterocycles. The highest BCUT2D eigenvalue weighted by atomic mass is 16.2. The third-order valence-corrected chi connectivity index (χ3v) is 3.12. The van der Waals surface area contributed by atoms with Crippen LogP contribution in [0.25, 0.3) is 5.69 Å². The van der Waals surface area contributed by atoms with E-state index in [2.05, 4.69) is 21.4 Å². The van der Waals surface area contributed by atoms with Gasteiger partial charge in [0.15, 0.2) is 0 Å². The average Bonchev–Trinajstić information content (AvgIpc) is 3.08. The molecule has 0 saturated carbocycles. The second-order valence-corrected chi connectivity index (χ2v) is 4.35. The Kier molecular flexibility index (Phi) is 2.72. The second kappa shape index (κ2) is 4.53. The van der Waals surface area contributed by atoms with Gasteiger partial charge in [-0.15, -0.1) is 17.4 Å². The van der Waals surface area contributed by atoms with Gasteiger partial charge in [0, 0.05) is 24.6 Å². The van der Waals surface area contributed by atoms with Crippen molar-refractivity contribution in [1.29, 1.82) is 0 Å². The van der Waals surface area contributed by atoms with Crippen LogP contribution in [0.1, 0.15) is 6.42 Å². The maximum Gasteiger partial charge on any atom is 0.228 e. The molecule has 6 nitrogen and oxygen atoms in total. The Morgan fingerprint density at radius 1 is 1.37 bits per heavy atom. The van der Waals surface area contributed by atoms with Crippen LogP contribution >= 0.6 is 0 Å². The van der Waals surface area contributed by atoms with E-state index in [4.69, 9.17) is 6.42 Å². The fourth-order valence-corrected chi connectivity index (χ4v) is 2.15. The quantitative estimate of drug-likeness (QED) is 0.737. The van der Waals surface area contributed by atoms with Crippen LogP contribution in [-0.2, 0) is 4.79 Å². The van der Waals surface area contributed by atoms with Gasteiger partial charge in [-0.25, -0.2) is 4.68 Å². The molecule has 19 heavy (non-hydrogen) atoms. The van der Waals surface area contributed by atoms with Gasteiger partial charge < -0.3 is 4.90 Å². The predicted octanol–water partition coefficient (Wildman–Crippen LogP) is 0.648. The van der Waals surface area contributed by atoms with Gasteiger partial charge in [0.25, 0.3) is 0 Å². The van der Waals surface area contributed by atoms with Gasteiger partial charge in [0.1, 0.15) is 6.33 Å². The summed E-state index contributed by atoms with van der Waals surface area (Å²) in [4.78, 5) is 13.6. The minimum atomic E-state index is -0.0100. The highest BCUT2D eigenvalue weighted by Gasteiger charge is 2.29. The molecular weight excluding hydrogens is 242 g/mol. The summed E-state index contributed by atoms with van der Waals surface area (Å²) in [6, 6.07) is 7.49. The summed E-state index contributed by atoms with van der Waals surface area (Å²) in [6.45, 7) is 0.564. The Morgan fingerprint density at radius 2 is 2.21 bits per heavy atom. The van der Waals surface area contributed by atoms with Crippen LogP contribution in [0.4, 0.5) is 5.69 Å². The van der Waals surface area contributed by atoms with Crippen LogP contribution in [0, 0.1) is 18.3 Å². The first kappa shape index (κ1) is 11.4. The van der Waals surface area contributed by atoms with E-state index in [1.807, 2.05) is 24.3 Å². The zero-order valence-corrected chi connectivity index (χ0v) is 10.1. The van der Waals surface area contributed by atoms with Gasteiger partial charge in [-0.05, 0) is 28.6 Å². The minimum Gasteiger partial charge on any atom is -0.311 e. The first-order valence-corrected chi connectivity index (χ1v) is 5.88. The summed E-state index contributed by atoms with van der Waals surface area (Å²) in [5.41, 5.74) is 1.62. The van der Waals surface area contributed by atoms with Crippen LogP contribution in [0.2, 0.25) is 0 Å². The van der Waals surface area contributed by atoms with E-state index in [1.54, 1.807) is 9.58 Å². The molecule has 0 radical (unpaired) electrons. The molecule has 1 aliphatic heterocycles. The van der Waals surface area contributed by atoms with Crippen molar-refractivity contribution >= 4 is 11.6 Å². The molecule has 1 aromatic heterocycles. The number of anilines is 1. The van der Waals surface area contributed by atoms with Crippen LogP contribution in [-0.4, -0.2) is 32.7 Å². The maximum absolute atomic E-state index is 11.9. The van der Waals surface area contributed by atoms with Crippen molar-refractivity contribution in [3.05, 3.63) is 30.6 Å². The number of benzene rings is 1. The van der Waals surface area contributed by atoms with E-state index in [1.165, 1.54) is 6.33 Å². The van der Waals surface area contributed by atoms with Crippen molar-refractivity contribution in [1.82, 2.24) is 20.2 Å². The molecule has 1 fully saturated rings. The maximum atomic E-state index is 11.9. The number of carbonyl (C=O) groups is 1. The zero-order chi connectivity index (χ0) is 13.2. The lowest BCUT2D eigenvalue weighted by Gasteiger charge is -2.16. The van der Waals surface area contributed by atoms with Gasteiger partial charge in [-0.1, -0.05) is 6.07 Å². The third-order valence-electron chi connectivity index (χ3n) is 3.12. The van der Waals surface area contributed by atoms with Gasteiger partial charge in [0.05, 0.1) is 5.69 Å². The number of terminal acetylenes is 1. The summed E-state index contributed by atoms with van der Waals surface area (Å²) in [6.07, 6.45) is 7.30. The number of amides is 1. The topological polar surface area (TPSA) is 63.9 Å². The van der Waals surface area contributed by atoms with Crippen LogP contribution in [0.15, 0.2) is 30.6 Å². The van der Waals surface area contributed by atoms with Crippen molar-refractivity contribution in [2.45, 2.75) is 6.42 Å². The lowest BCUT2D eigenvalue weighted by atomic mass is 10.1. The molecule has 1 atom stereocenters. The molecule has 1 aliphatic rings. The standard InChI is InChI=1S/C13H11N5O/c1-2-10-6-13(19)17(8-10)11-4-3-5-12(7-11)18-9-14-15-16-18/h1,3-5,7,9-10H,6,8H2. The molecule has 1 aromatic carbocycles. The molecule has 1 amide bonds. The smallest absolute Gasteiger partial charge is 0.228 e. The lowest BCUT2D eigenvalue weighted by Crippen LogP contribution is -2.24. The Labute approximate surface area is 110 Å². The summed E-state index contributed by atoms with van der Waals surface area (Å²) >= 11 is 0. The molecule has 0 aliphatic carbocycles. The number of tetrazole rings is 1. The van der Waals surface area contributed by atoms with Crippen LogP contribution in [0.3, 0.4) is 0 Å². The fraction of sp³-hybridized carbons (Fsp3) is 0.231. The van der Waals surface area contributed by atoms with Gasteiger partial charge in [-0.2, -0.15) is 0 Å². The Hall–Kier alpha value is -2.68. The van der Waals surface area contributed by atoms with E-state index >= 15 is 0 Å². The largest absolute Gasteiger partial charge is 0.311 e. The molecule has 2 heterocycles. The van der Waals surface area contributed by atoms with E-state index in [9.17, 15) is 4.79 Å². The van der Waals surface area contributed by atoms with Crippen molar-refractivity contribution < 1.29 is 4.79 Å². The van der Waals surface area contributed by atoms with Crippen LogP contribution < -0.4 is 4.90 Å². The van der Waals surface area contributed by atoms with E-state index in [-0.39, 0.29) is 11.8 Å². The molecule has 6 heteroatoms. The summed E-state index contributed by atoms with van der Waals surface area (Å²) in [7, 11) is 0. The van der Waals surface area contributed by atoms with Crippen molar-refractivity contribution in [3.8, 4) is 18.0 Å². The van der Waals surface area contributed by atoms with Gasteiger partial charge in [-0.3, -0.25) is 4.79 Å². The Morgan fingerprint density at radius 3 is 2.89 bits per heavy atom. The average molecular weight is 253 g/mol. The van der Waals surface area contributed by atoms with Crippen molar-refractivity contribution in [2.24, 2.45) is 5.92 Å². The lowest BCUT2D eigenvalue weighted by molar-refractivity contribution is -0.117. The van der Waals surface area contributed by atoms with E-state index in [0.29, 0.717) is 13.0 Å².